The van der Waals surface area contributed by atoms with Crippen molar-refractivity contribution in [3.63, 3.8) is 0 Å². The van der Waals surface area contributed by atoms with Crippen molar-refractivity contribution >= 4 is 11.6 Å². The third kappa shape index (κ3) is 3.67. The minimum Gasteiger partial charge on any atom is -0.481 e. The number of ether oxygens (including phenoxy) is 1. The molecule has 31 heavy (non-hydrogen) atoms. The van der Waals surface area contributed by atoms with E-state index in [2.05, 4.69) is 22.1 Å². The highest BCUT2D eigenvalue weighted by molar-refractivity contribution is 6.15. The number of hydrogen-bond acceptors (Lipinski definition) is 4. The number of carbonyl (C=O) groups is 1. The van der Waals surface area contributed by atoms with Crippen molar-refractivity contribution in [2.45, 2.75) is 26.1 Å². The Labute approximate surface area is 178 Å². The largest absolute Gasteiger partial charge is 0.481 e. The van der Waals surface area contributed by atoms with E-state index in [1.165, 1.54) is 12.1 Å². The molecule has 0 saturated carbocycles. The molecule has 0 bridgehead atoms. The number of aliphatic imine (C=N–C) groups is 1. The summed E-state index contributed by atoms with van der Waals surface area (Å²) in [4.78, 5) is 23.2. The fraction of sp³-hybridized carbons (Fsp3) is 0.208. The Morgan fingerprint density at radius 1 is 1.03 bits per heavy atom. The lowest BCUT2D eigenvalue weighted by Crippen LogP contribution is -2.36. The molecule has 0 aliphatic carbocycles. The number of halogens is 2. The molecule has 2 aliphatic heterocycles. The fourth-order valence-electron chi connectivity index (χ4n) is 4.18. The number of benzene rings is 2. The molecule has 0 N–H and O–H groups in total. The Bertz CT molecular complexity index is 1200. The molecule has 3 heterocycles. The van der Waals surface area contributed by atoms with Gasteiger partial charge in [-0.15, -0.1) is 0 Å². The van der Waals surface area contributed by atoms with Crippen LogP contribution in [0.2, 0.25) is 0 Å². The first-order chi connectivity index (χ1) is 15.0. The average molecular weight is 419 g/mol. The molecule has 0 atom stereocenters. The van der Waals surface area contributed by atoms with Crippen molar-refractivity contribution in [3.8, 4) is 5.88 Å². The van der Waals surface area contributed by atoms with Gasteiger partial charge in [0.15, 0.2) is 0 Å². The molecule has 5 nitrogen and oxygen atoms in total. The highest BCUT2D eigenvalue weighted by atomic mass is 19.1. The predicted molar refractivity (Wildman–Crippen MR) is 111 cm³/mol. The second-order valence-electron chi connectivity index (χ2n) is 7.74. The van der Waals surface area contributed by atoms with Crippen molar-refractivity contribution in [3.05, 3.63) is 93.7 Å². The van der Waals surface area contributed by atoms with E-state index in [9.17, 15) is 13.6 Å². The van der Waals surface area contributed by atoms with Gasteiger partial charge in [-0.25, -0.2) is 13.8 Å². The smallest absolute Gasteiger partial charge is 0.227 e. The molecule has 0 unspecified atom stereocenters. The third-order valence-corrected chi connectivity index (χ3v) is 5.66. The van der Waals surface area contributed by atoms with Crippen LogP contribution < -0.4 is 4.74 Å². The van der Waals surface area contributed by atoms with Gasteiger partial charge >= 0.3 is 0 Å². The van der Waals surface area contributed by atoms with Gasteiger partial charge < -0.3 is 9.64 Å². The summed E-state index contributed by atoms with van der Waals surface area (Å²) in [5.74, 6) is -0.815. The summed E-state index contributed by atoms with van der Waals surface area (Å²) in [6.07, 6.45) is 2.00. The van der Waals surface area contributed by atoms with E-state index in [1.807, 2.05) is 6.07 Å². The number of aromatic nitrogens is 1. The minimum absolute atomic E-state index is 0.0596. The van der Waals surface area contributed by atoms with Gasteiger partial charge in [0.25, 0.3) is 0 Å². The van der Waals surface area contributed by atoms with Gasteiger partial charge in [-0.05, 0) is 46.5 Å². The molecule has 0 radical (unpaired) electrons. The van der Waals surface area contributed by atoms with Crippen LogP contribution in [-0.4, -0.2) is 28.6 Å². The number of amides is 1. The number of methoxy groups -OCH3 is 1. The number of nitrogens with zero attached hydrogens (tertiary/aromatic N) is 3. The summed E-state index contributed by atoms with van der Waals surface area (Å²) in [5, 5.41) is 0. The lowest BCUT2D eigenvalue weighted by molar-refractivity contribution is -0.132. The van der Waals surface area contributed by atoms with Crippen LogP contribution in [0.3, 0.4) is 0 Å². The van der Waals surface area contributed by atoms with Crippen molar-refractivity contribution in [2.75, 3.05) is 7.11 Å². The molecule has 0 saturated heterocycles. The van der Waals surface area contributed by atoms with Gasteiger partial charge in [-0.3, -0.25) is 9.79 Å². The van der Waals surface area contributed by atoms with Crippen LogP contribution in [0.1, 0.15) is 33.4 Å². The molecule has 1 aromatic heterocycles. The SMILES string of the molecule is COc1ccc(C2=NCc3cc4c(cc32)CN(Cc2cc(F)cc(F)c2)C(=O)C4)cn1. The standard InChI is InChI=1S/C24H19F2N3O2/c1-31-22-3-2-15(10-27-22)24-21-7-18-13-29(12-14-4-19(25)9-20(26)5-14)23(30)8-16(18)6-17(21)11-28-24/h2-7,9-10H,8,11-13H2,1H3. The third-order valence-electron chi connectivity index (χ3n) is 5.66. The number of carbonyl (C=O) groups excluding carboxylic acids is 1. The second kappa shape index (κ2) is 7.58. The summed E-state index contributed by atoms with van der Waals surface area (Å²) in [6, 6.07) is 11.2. The Balaban J connectivity index is 1.43. The summed E-state index contributed by atoms with van der Waals surface area (Å²) < 4.78 is 32.2. The maximum absolute atomic E-state index is 13.6. The zero-order valence-electron chi connectivity index (χ0n) is 16.9. The zero-order chi connectivity index (χ0) is 21.5. The lowest BCUT2D eigenvalue weighted by atomic mass is 9.91. The molecule has 7 heteroatoms. The fourth-order valence-corrected chi connectivity index (χ4v) is 4.18. The van der Waals surface area contributed by atoms with E-state index >= 15 is 0 Å². The Hall–Kier alpha value is -3.61. The first-order valence-electron chi connectivity index (χ1n) is 9.93. The molecular weight excluding hydrogens is 400 g/mol. The summed E-state index contributed by atoms with van der Waals surface area (Å²) in [5.41, 5.74) is 6.31. The van der Waals surface area contributed by atoms with Crippen LogP contribution in [0.5, 0.6) is 5.88 Å². The lowest BCUT2D eigenvalue weighted by Gasteiger charge is -2.29. The molecule has 0 fully saturated rings. The molecule has 2 aliphatic rings. The van der Waals surface area contributed by atoms with Crippen molar-refractivity contribution in [1.82, 2.24) is 9.88 Å². The number of rotatable bonds is 4. The van der Waals surface area contributed by atoms with E-state index in [0.29, 0.717) is 24.5 Å². The monoisotopic (exact) mass is 419 g/mol. The molecule has 3 aromatic rings. The van der Waals surface area contributed by atoms with Crippen LogP contribution in [-0.2, 0) is 30.8 Å². The highest BCUT2D eigenvalue weighted by Gasteiger charge is 2.27. The first-order valence-corrected chi connectivity index (χ1v) is 9.93. The van der Waals surface area contributed by atoms with Crippen molar-refractivity contribution in [1.29, 1.82) is 0 Å². The van der Waals surface area contributed by atoms with Gasteiger partial charge in [0.1, 0.15) is 11.6 Å². The van der Waals surface area contributed by atoms with Crippen LogP contribution in [0.15, 0.2) is 53.7 Å². The molecular formula is C24H19F2N3O2. The van der Waals surface area contributed by atoms with E-state index in [1.54, 1.807) is 24.3 Å². The average Bonchev–Trinajstić information content (AvgIpc) is 3.15. The molecule has 0 spiro atoms. The van der Waals surface area contributed by atoms with Gasteiger partial charge in [0, 0.05) is 42.5 Å². The van der Waals surface area contributed by atoms with E-state index in [4.69, 9.17) is 4.74 Å². The number of fused-ring (bicyclic) bond motifs is 2. The first kappa shape index (κ1) is 19.4. The summed E-state index contributed by atoms with van der Waals surface area (Å²) >= 11 is 0. The Kier molecular flexibility index (Phi) is 4.73. The number of hydrogen-bond donors (Lipinski definition) is 0. The normalized spacial score (nSPS) is 14.9. The molecule has 2 aromatic carbocycles. The molecule has 1 amide bonds. The van der Waals surface area contributed by atoms with Crippen LogP contribution in [0.4, 0.5) is 8.78 Å². The second-order valence-corrected chi connectivity index (χ2v) is 7.74. The summed E-state index contributed by atoms with van der Waals surface area (Å²) in [7, 11) is 1.57. The molecule has 5 rings (SSSR count). The Morgan fingerprint density at radius 3 is 2.55 bits per heavy atom. The molecule has 156 valence electrons. The van der Waals surface area contributed by atoms with Gasteiger partial charge in [0.2, 0.25) is 11.8 Å². The predicted octanol–water partition coefficient (Wildman–Crippen LogP) is 3.80. The minimum atomic E-state index is -0.647. The topological polar surface area (TPSA) is 54.8 Å². The van der Waals surface area contributed by atoms with E-state index in [-0.39, 0.29) is 18.9 Å². The zero-order valence-corrected chi connectivity index (χ0v) is 16.9. The van der Waals surface area contributed by atoms with Crippen LogP contribution in [0, 0.1) is 11.6 Å². The van der Waals surface area contributed by atoms with E-state index in [0.717, 1.165) is 39.6 Å². The maximum atomic E-state index is 13.6. The van der Waals surface area contributed by atoms with Gasteiger partial charge in [0.05, 0.1) is 25.8 Å². The van der Waals surface area contributed by atoms with Gasteiger partial charge in [-0.1, -0.05) is 6.07 Å². The van der Waals surface area contributed by atoms with Crippen LogP contribution >= 0.6 is 0 Å². The van der Waals surface area contributed by atoms with Crippen molar-refractivity contribution < 1.29 is 18.3 Å². The van der Waals surface area contributed by atoms with Crippen LogP contribution in [0.25, 0.3) is 0 Å². The maximum Gasteiger partial charge on any atom is 0.227 e. The van der Waals surface area contributed by atoms with Gasteiger partial charge in [-0.2, -0.15) is 0 Å². The summed E-state index contributed by atoms with van der Waals surface area (Å²) in [6.45, 7) is 1.10. The quantitative estimate of drug-likeness (QED) is 0.646. The number of pyridine rings is 1. The highest BCUT2D eigenvalue weighted by Crippen LogP contribution is 2.30. The van der Waals surface area contributed by atoms with Crippen molar-refractivity contribution in [2.24, 2.45) is 4.99 Å². The Morgan fingerprint density at radius 2 is 1.84 bits per heavy atom. The van der Waals surface area contributed by atoms with E-state index < -0.39 is 11.6 Å².